The van der Waals surface area contributed by atoms with Crippen LogP contribution in [0, 0.1) is 13.8 Å². The van der Waals surface area contributed by atoms with Crippen LogP contribution in [0.4, 0.5) is 0 Å². The molecule has 0 spiro atoms. The number of aromatic nitrogens is 2. The van der Waals surface area contributed by atoms with Crippen LogP contribution >= 0.6 is 0 Å². The normalized spacial score (nSPS) is 14.4. The molecule has 0 fully saturated rings. The molecule has 1 aliphatic rings. The predicted molar refractivity (Wildman–Crippen MR) is 109 cm³/mol. The van der Waals surface area contributed by atoms with Crippen LogP contribution < -0.4 is 0 Å². The molecule has 2 heterocycles. The summed E-state index contributed by atoms with van der Waals surface area (Å²) in [4.78, 5) is 36.1. The minimum atomic E-state index is -0.853. The molecule has 0 N–H and O–H groups in total. The number of esters is 1. The van der Waals surface area contributed by atoms with Crippen molar-refractivity contribution in [3.8, 4) is 0 Å². The zero-order valence-corrected chi connectivity index (χ0v) is 16.8. The van der Waals surface area contributed by atoms with Crippen molar-refractivity contribution in [2.75, 3.05) is 6.54 Å². The van der Waals surface area contributed by atoms with Crippen molar-refractivity contribution >= 4 is 22.9 Å². The maximum Gasteiger partial charge on any atom is 0.338 e. The van der Waals surface area contributed by atoms with Gasteiger partial charge < -0.3 is 9.64 Å². The van der Waals surface area contributed by atoms with Crippen molar-refractivity contribution in [2.45, 2.75) is 39.8 Å². The van der Waals surface area contributed by atoms with E-state index in [0.717, 1.165) is 28.9 Å². The van der Waals surface area contributed by atoms with Gasteiger partial charge in [-0.1, -0.05) is 24.3 Å². The molecule has 4 rings (SSSR count). The van der Waals surface area contributed by atoms with E-state index in [1.54, 1.807) is 30.0 Å². The van der Waals surface area contributed by atoms with Crippen molar-refractivity contribution < 1.29 is 14.3 Å². The number of amides is 1. The lowest BCUT2D eigenvalue weighted by molar-refractivity contribution is -0.140. The standard InChI is InChI=1S/C23H23N3O3/c1-14-15(2)25-21-12-18(8-9-20(21)24-14)23(28)29-16(3)22(27)26-11-10-17-6-4-5-7-19(17)13-26/h4-9,12,16H,10-11,13H2,1-3H3/t16-/m1/s1. The predicted octanol–water partition coefficient (Wildman–Crippen LogP) is 3.38. The first kappa shape index (κ1) is 19.1. The number of carbonyl (C=O) groups is 2. The van der Waals surface area contributed by atoms with Crippen LogP contribution in [0.5, 0.6) is 0 Å². The lowest BCUT2D eigenvalue weighted by atomic mass is 9.99. The van der Waals surface area contributed by atoms with Gasteiger partial charge >= 0.3 is 5.97 Å². The second-order valence-corrected chi connectivity index (χ2v) is 7.42. The van der Waals surface area contributed by atoms with Crippen LogP contribution in [0.3, 0.4) is 0 Å². The third kappa shape index (κ3) is 3.83. The molecule has 0 radical (unpaired) electrons. The van der Waals surface area contributed by atoms with Gasteiger partial charge in [-0.25, -0.2) is 14.8 Å². The number of benzene rings is 2. The maximum atomic E-state index is 12.8. The number of fused-ring (bicyclic) bond motifs is 2. The van der Waals surface area contributed by atoms with Crippen LogP contribution in [0.25, 0.3) is 11.0 Å². The van der Waals surface area contributed by atoms with E-state index in [1.165, 1.54) is 5.56 Å². The molecule has 0 saturated carbocycles. The van der Waals surface area contributed by atoms with Crippen molar-refractivity contribution in [1.29, 1.82) is 0 Å². The Labute approximate surface area is 169 Å². The fourth-order valence-corrected chi connectivity index (χ4v) is 3.58. The summed E-state index contributed by atoms with van der Waals surface area (Å²) in [7, 11) is 0. The van der Waals surface area contributed by atoms with Crippen LogP contribution in [-0.4, -0.2) is 39.4 Å². The SMILES string of the molecule is Cc1nc2ccc(C(=O)O[C@H](C)C(=O)N3CCc4ccccc4C3)cc2nc1C. The number of hydrogen-bond donors (Lipinski definition) is 0. The van der Waals surface area contributed by atoms with Gasteiger partial charge in [0.25, 0.3) is 5.91 Å². The van der Waals surface area contributed by atoms with E-state index >= 15 is 0 Å². The Morgan fingerprint density at radius 3 is 2.45 bits per heavy atom. The van der Waals surface area contributed by atoms with E-state index in [0.29, 0.717) is 24.2 Å². The minimum absolute atomic E-state index is 0.181. The molecule has 0 bridgehead atoms. The largest absolute Gasteiger partial charge is 0.449 e. The van der Waals surface area contributed by atoms with E-state index in [4.69, 9.17) is 4.74 Å². The summed E-state index contributed by atoms with van der Waals surface area (Å²) >= 11 is 0. The van der Waals surface area contributed by atoms with Crippen LogP contribution in [0.1, 0.15) is 39.8 Å². The molecule has 1 aliphatic heterocycles. The second kappa shape index (κ2) is 7.62. The van der Waals surface area contributed by atoms with Crippen LogP contribution in [-0.2, 0) is 22.5 Å². The highest BCUT2D eigenvalue weighted by Crippen LogP contribution is 2.20. The number of nitrogens with zero attached hydrogens (tertiary/aromatic N) is 3. The summed E-state index contributed by atoms with van der Waals surface area (Å²) in [6.45, 7) is 6.57. The Balaban J connectivity index is 1.46. The number of aryl methyl sites for hydroxylation is 2. The van der Waals surface area contributed by atoms with Gasteiger partial charge in [0.2, 0.25) is 0 Å². The second-order valence-electron chi connectivity index (χ2n) is 7.42. The molecule has 6 heteroatoms. The van der Waals surface area contributed by atoms with Crippen molar-refractivity contribution in [3.05, 3.63) is 70.5 Å². The molecule has 29 heavy (non-hydrogen) atoms. The molecule has 0 aliphatic carbocycles. The summed E-state index contributed by atoms with van der Waals surface area (Å²) in [6, 6.07) is 13.2. The molecule has 0 saturated heterocycles. The molecule has 1 atom stereocenters. The first-order valence-electron chi connectivity index (χ1n) is 9.74. The van der Waals surface area contributed by atoms with E-state index < -0.39 is 12.1 Å². The Hall–Kier alpha value is -3.28. The summed E-state index contributed by atoms with van der Waals surface area (Å²) in [5, 5.41) is 0. The summed E-state index contributed by atoms with van der Waals surface area (Å²) in [5.41, 5.74) is 5.80. The zero-order chi connectivity index (χ0) is 20.5. The van der Waals surface area contributed by atoms with E-state index in [1.807, 2.05) is 32.0 Å². The highest BCUT2D eigenvalue weighted by Gasteiger charge is 2.27. The third-order valence-electron chi connectivity index (χ3n) is 5.38. The maximum absolute atomic E-state index is 12.8. The van der Waals surface area contributed by atoms with Gasteiger partial charge in [0, 0.05) is 13.1 Å². The summed E-state index contributed by atoms with van der Waals surface area (Å²) < 4.78 is 5.46. The molecular formula is C23H23N3O3. The fraction of sp³-hybridized carbons (Fsp3) is 0.304. The first-order chi connectivity index (χ1) is 13.9. The molecule has 148 valence electrons. The van der Waals surface area contributed by atoms with Gasteiger partial charge in [-0.05, 0) is 56.5 Å². The zero-order valence-electron chi connectivity index (χ0n) is 16.8. The molecule has 1 aromatic heterocycles. The number of rotatable bonds is 3. The van der Waals surface area contributed by atoms with Gasteiger partial charge in [0.15, 0.2) is 6.10 Å². The topological polar surface area (TPSA) is 72.4 Å². The smallest absolute Gasteiger partial charge is 0.338 e. The Morgan fingerprint density at radius 1 is 1.00 bits per heavy atom. The Bertz CT molecular complexity index is 1110. The average Bonchev–Trinajstić information content (AvgIpc) is 2.73. The molecule has 2 aromatic carbocycles. The quantitative estimate of drug-likeness (QED) is 0.642. The molecular weight excluding hydrogens is 366 g/mol. The number of carbonyl (C=O) groups excluding carboxylic acids is 2. The van der Waals surface area contributed by atoms with Crippen molar-refractivity contribution in [3.63, 3.8) is 0 Å². The number of ether oxygens (including phenoxy) is 1. The lowest BCUT2D eigenvalue weighted by Crippen LogP contribution is -2.42. The monoisotopic (exact) mass is 389 g/mol. The third-order valence-corrected chi connectivity index (χ3v) is 5.38. The van der Waals surface area contributed by atoms with E-state index in [-0.39, 0.29) is 5.91 Å². The van der Waals surface area contributed by atoms with Gasteiger partial charge in [0.05, 0.1) is 28.0 Å². The fourth-order valence-electron chi connectivity index (χ4n) is 3.58. The summed E-state index contributed by atoms with van der Waals surface area (Å²) in [6.07, 6.45) is -0.0423. The van der Waals surface area contributed by atoms with Gasteiger partial charge in [-0.3, -0.25) is 4.79 Å². The molecule has 0 unspecified atom stereocenters. The van der Waals surface area contributed by atoms with Crippen molar-refractivity contribution in [1.82, 2.24) is 14.9 Å². The first-order valence-corrected chi connectivity index (χ1v) is 9.74. The minimum Gasteiger partial charge on any atom is -0.449 e. The highest BCUT2D eigenvalue weighted by molar-refractivity contribution is 5.95. The Morgan fingerprint density at radius 2 is 1.69 bits per heavy atom. The Kier molecular flexibility index (Phi) is 5.01. The van der Waals surface area contributed by atoms with Crippen LogP contribution in [0.2, 0.25) is 0 Å². The lowest BCUT2D eigenvalue weighted by Gasteiger charge is -2.30. The van der Waals surface area contributed by atoms with Gasteiger partial charge in [0.1, 0.15) is 0 Å². The molecule has 3 aromatic rings. The summed E-state index contributed by atoms with van der Waals surface area (Å²) in [5.74, 6) is -0.718. The van der Waals surface area contributed by atoms with E-state index in [9.17, 15) is 9.59 Å². The molecule has 6 nitrogen and oxygen atoms in total. The van der Waals surface area contributed by atoms with Gasteiger partial charge in [-0.2, -0.15) is 0 Å². The molecule has 1 amide bonds. The van der Waals surface area contributed by atoms with E-state index in [2.05, 4.69) is 16.0 Å². The number of hydrogen-bond acceptors (Lipinski definition) is 5. The average molecular weight is 389 g/mol. The van der Waals surface area contributed by atoms with Crippen LogP contribution in [0.15, 0.2) is 42.5 Å². The highest BCUT2D eigenvalue weighted by atomic mass is 16.5. The van der Waals surface area contributed by atoms with Gasteiger partial charge in [-0.15, -0.1) is 0 Å². The van der Waals surface area contributed by atoms with Crippen molar-refractivity contribution in [2.24, 2.45) is 0 Å².